The molecule has 0 amide bonds. The first-order chi connectivity index (χ1) is 8.40. The van der Waals surface area contributed by atoms with Gasteiger partial charge in [-0.3, -0.25) is 0 Å². The summed E-state index contributed by atoms with van der Waals surface area (Å²) in [7, 11) is -3.57. The average molecular weight is 273 g/mol. The van der Waals surface area contributed by atoms with Crippen molar-refractivity contribution in [2.75, 3.05) is 6.54 Å². The largest absolute Gasteiger partial charge is 0.281 e. The third-order valence-electron chi connectivity index (χ3n) is 3.80. The lowest BCUT2D eigenvalue weighted by Gasteiger charge is -2.35. The van der Waals surface area contributed by atoms with Gasteiger partial charge in [0.1, 0.15) is 5.54 Å². The van der Waals surface area contributed by atoms with Gasteiger partial charge in [-0.15, -0.1) is 0 Å². The van der Waals surface area contributed by atoms with Crippen LogP contribution in [0.4, 0.5) is 0 Å². The number of hydrogen-bond acceptors (Lipinski definition) is 3. The van der Waals surface area contributed by atoms with Crippen molar-refractivity contribution in [3.8, 4) is 6.07 Å². The molecule has 0 aromatic heterocycles. The lowest BCUT2D eigenvalue weighted by Crippen LogP contribution is -2.55. The molecular weight excluding hydrogens is 250 g/mol. The van der Waals surface area contributed by atoms with Gasteiger partial charge in [0.15, 0.2) is 0 Å². The minimum atomic E-state index is -3.57. The molecule has 1 heterocycles. The molecule has 1 atom stereocenters. The number of piperidine rings is 1. The van der Waals surface area contributed by atoms with E-state index in [1.807, 2.05) is 20.8 Å². The van der Waals surface area contributed by atoms with Gasteiger partial charge in [-0.25, -0.2) is 0 Å². The van der Waals surface area contributed by atoms with Crippen LogP contribution >= 0.6 is 0 Å². The molecule has 0 spiro atoms. The van der Waals surface area contributed by atoms with E-state index in [0.717, 1.165) is 19.3 Å². The maximum Gasteiger partial charge on any atom is 0.281 e. The van der Waals surface area contributed by atoms with Crippen molar-refractivity contribution in [2.45, 2.75) is 64.5 Å². The zero-order valence-electron chi connectivity index (χ0n) is 11.4. The van der Waals surface area contributed by atoms with Gasteiger partial charge in [0.2, 0.25) is 0 Å². The van der Waals surface area contributed by atoms with Crippen LogP contribution in [-0.2, 0) is 10.2 Å². The fourth-order valence-corrected chi connectivity index (χ4v) is 4.20. The van der Waals surface area contributed by atoms with Crippen LogP contribution in [0.2, 0.25) is 0 Å². The molecule has 1 fully saturated rings. The number of nitriles is 1. The fourth-order valence-electron chi connectivity index (χ4n) is 2.31. The van der Waals surface area contributed by atoms with Gasteiger partial charge >= 0.3 is 0 Å². The van der Waals surface area contributed by atoms with Crippen LogP contribution in [-0.4, -0.2) is 30.8 Å². The lowest BCUT2D eigenvalue weighted by molar-refractivity contribution is 0.260. The van der Waals surface area contributed by atoms with Gasteiger partial charge in [-0.1, -0.05) is 20.3 Å². The molecule has 0 aromatic carbocycles. The highest BCUT2D eigenvalue weighted by Crippen LogP contribution is 2.22. The van der Waals surface area contributed by atoms with Crippen LogP contribution in [0.3, 0.4) is 0 Å². The molecule has 0 bridgehead atoms. The smallest absolute Gasteiger partial charge is 0.196 e. The first-order valence-corrected chi connectivity index (χ1v) is 8.07. The van der Waals surface area contributed by atoms with Crippen molar-refractivity contribution < 1.29 is 8.42 Å². The van der Waals surface area contributed by atoms with E-state index in [1.165, 1.54) is 4.31 Å². The molecule has 1 rings (SSSR count). The van der Waals surface area contributed by atoms with Gasteiger partial charge < -0.3 is 0 Å². The van der Waals surface area contributed by atoms with Gasteiger partial charge in [0.05, 0.1) is 6.07 Å². The molecule has 0 saturated carbocycles. The summed E-state index contributed by atoms with van der Waals surface area (Å²) in [6.45, 7) is 6.12. The third-order valence-corrected chi connectivity index (χ3v) is 5.60. The number of nitrogens with one attached hydrogen (secondary N) is 1. The molecule has 1 aliphatic rings. The summed E-state index contributed by atoms with van der Waals surface area (Å²) in [6.07, 6.45) is 3.79. The normalized spacial score (nSPS) is 22.7. The highest BCUT2D eigenvalue weighted by atomic mass is 32.2. The molecule has 18 heavy (non-hydrogen) atoms. The van der Waals surface area contributed by atoms with E-state index in [9.17, 15) is 13.7 Å². The zero-order valence-corrected chi connectivity index (χ0v) is 12.3. The SMILES string of the molecule is CCC(C#N)(CC)NS(=O)(=O)N1CCCCC1C. The Morgan fingerprint density at radius 3 is 2.44 bits per heavy atom. The summed E-state index contributed by atoms with van der Waals surface area (Å²) in [5, 5.41) is 9.21. The first-order valence-electron chi connectivity index (χ1n) is 6.62. The highest BCUT2D eigenvalue weighted by Gasteiger charge is 2.37. The summed E-state index contributed by atoms with van der Waals surface area (Å²) >= 11 is 0. The molecule has 5 nitrogen and oxygen atoms in total. The Bertz CT molecular complexity index is 410. The molecule has 104 valence electrons. The standard InChI is InChI=1S/C12H23N3O2S/c1-4-12(5-2,10-13)14-18(16,17)15-9-7-6-8-11(15)3/h11,14H,4-9H2,1-3H3. The monoisotopic (exact) mass is 273 g/mol. The van der Waals surface area contributed by atoms with Crippen LogP contribution in [0.15, 0.2) is 0 Å². The van der Waals surface area contributed by atoms with Crippen LogP contribution in [0.5, 0.6) is 0 Å². The quantitative estimate of drug-likeness (QED) is 0.829. The van der Waals surface area contributed by atoms with Crippen molar-refractivity contribution in [3.63, 3.8) is 0 Å². The second-order valence-electron chi connectivity index (χ2n) is 4.96. The van der Waals surface area contributed by atoms with Crippen LogP contribution in [0, 0.1) is 11.3 Å². The second kappa shape index (κ2) is 6.00. The summed E-state index contributed by atoms with van der Waals surface area (Å²) < 4.78 is 28.8. The third kappa shape index (κ3) is 3.22. The highest BCUT2D eigenvalue weighted by molar-refractivity contribution is 7.87. The fraction of sp³-hybridized carbons (Fsp3) is 0.917. The zero-order chi connectivity index (χ0) is 13.8. The molecular formula is C12H23N3O2S. The Labute approximate surface area is 110 Å². The molecule has 0 radical (unpaired) electrons. The number of nitrogens with zero attached hydrogens (tertiary/aromatic N) is 2. The van der Waals surface area contributed by atoms with Gasteiger partial charge in [0, 0.05) is 12.6 Å². The number of rotatable bonds is 5. The molecule has 1 saturated heterocycles. The van der Waals surface area contributed by atoms with E-state index in [-0.39, 0.29) is 6.04 Å². The van der Waals surface area contributed by atoms with Gasteiger partial charge in [0.25, 0.3) is 10.2 Å². The Kier molecular flexibility index (Phi) is 5.14. The molecule has 0 aromatic rings. The van der Waals surface area contributed by atoms with Gasteiger partial charge in [-0.05, 0) is 32.6 Å². The molecule has 1 N–H and O–H groups in total. The van der Waals surface area contributed by atoms with E-state index in [2.05, 4.69) is 10.8 Å². The van der Waals surface area contributed by atoms with Crippen molar-refractivity contribution in [2.24, 2.45) is 0 Å². The van der Waals surface area contributed by atoms with Crippen molar-refractivity contribution in [1.29, 1.82) is 5.26 Å². The van der Waals surface area contributed by atoms with Crippen molar-refractivity contribution >= 4 is 10.2 Å². The Balaban J connectivity index is 2.90. The Morgan fingerprint density at radius 2 is 2.00 bits per heavy atom. The summed E-state index contributed by atoms with van der Waals surface area (Å²) in [4.78, 5) is 0. The Hall–Kier alpha value is -0.640. The number of hydrogen-bond donors (Lipinski definition) is 1. The second-order valence-corrected chi connectivity index (χ2v) is 6.59. The minimum absolute atomic E-state index is 0.0151. The van der Waals surface area contributed by atoms with E-state index >= 15 is 0 Å². The minimum Gasteiger partial charge on any atom is -0.196 e. The van der Waals surface area contributed by atoms with E-state index in [0.29, 0.717) is 19.4 Å². The van der Waals surface area contributed by atoms with Crippen LogP contribution in [0.1, 0.15) is 52.9 Å². The summed E-state index contributed by atoms with van der Waals surface area (Å²) in [5.74, 6) is 0. The predicted molar refractivity (Wildman–Crippen MR) is 71.0 cm³/mol. The summed E-state index contributed by atoms with van der Waals surface area (Å²) in [6, 6.07) is 2.12. The van der Waals surface area contributed by atoms with Crippen molar-refractivity contribution in [3.05, 3.63) is 0 Å². The topological polar surface area (TPSA) is 73.2 Å². The summed E-state index contributed by atoms with van der Waals surface area (Å²) in [5.41, 5.74) is -0.976. The van der Waals surface area contributed by atoms with Crippen LogP contribution < -0.4 is 4.72 Å². The molecule has 1 unspecified atom stereocenters. The van der Waals surface area contributed by atoms with Crippen LogP contribution in [0.25, 0.3) is 0 Å². The molecule has 6 heteroatoms. The molecule has 0 aliphatic carbocycles. The Morgan fingerprint density at radius 1 is 1.39 bits per heavy atom. The van der Waals surface area contributed by atoms with Crippen molar-refractivity contribution in [1.82, 2.24) is 9.03 Å². The molecule has 1 aliphatic heterocycles. The average Bonchev–Trinajstić information content (AvgIpc) is 2.36. The predicted octanol–water partition coefficient (Wildman–Crippen LogP) is 1.78. The first kappa shape index (κ1) is 15.4. The van der Waals surface area contributed by atoms with E-state index in [4.69, 9.17) is 0 Å². The van der Waals surface area contributed by atoms with Gasteiger partial charge in [-0.2, -0.15) is 22.7 Å². The van der Waals surface area contributed by atoms with E-state index < -0.39 is 15.7 Å². The maximum absolute atomic E-state index is 12.4. The lowest BCUT2D eigenvalue weighted by atomic mass is 9.97. The van der Waals surface area contributed by atoms with E-state index in [1.54, 1.807) is 0 Å². The maximum atomic E-state index is 12.4.